The van der Waals surface area contributed by atoms with E-state index in [-0.39, 0.29) is 11.3 Å². The van der Waals surface area contributed by atoms with Crippen molar-refractivity contribution in [3.05, 3.63) is 53.6 Å². The molecule has 2 aromatic carbocycles. The highest BCUT2D eigenvalue weighted by molar-refractivity contribution is 8.24. The van der Waals surface area contributed by atoms with Crippen LogP contribution in [0.3, 0.4) is 0 Å². The predicted molar refractivity (Wildman–Crippen MR) is 122 cm³/mol. The number of fused-ring (bicyclic) bond motifs is 2. The van der Waals surface area contributed by atoms with Crippen molar-refractivity contribution in [2.24, 2.45) is 5.73 Å². The predicted octanol–water partition coefficient (Wildman–Crippen LogP) is 3.97. The molecule has 1 aliphatic heterocycles. The van der Waals surface area contributed by atoms with Gasteiger partial charge >= 0.3 is 0 Å². The van der Waals surface area contributed by atoms with Gasteiger partial charge in [-0.05, 0) is 43.5 Å². The molecule has 5 N–H and O–H groups in total. The molecule has 0 atom stereocenters. The second kappa shape index (κ2) is 7.09. The molecule has 7 nitrogen and oxygen atoms in total. The molecule has 0 amide bonds. The summed E-state index contributed by atoms with van der Waals surface area (Å²) < 4.78 is 21.3. The third-order valence-electron chi connectivity index (χ3n) is 5.95. The molecule has 158 valence electrons. The summed E-state index contributed by atoms with van der Waals surface area (Å²) in [6.45, 7) is 3.73. The third kappa shape index (κ3) is 3.72. The molecule has 5 rings (SSSR count). The van der Waals surface area contributed by atoms with Crippen molar-refractivity contribution in [3.8, 4) is 0 Å². The highest BCUT2D eigenvalue weighted by atomic mass is 32.3. The first-order valence-electron chi connectivity index (χ1n) is 10.2. The fourth-order valence-electron chi connectivity index (χ4n) is 3.86. The van der Waals surface area contributed by atoms with E-state index in [1.807, 2.05) is 41.3 Å². The third-order valence-corrected chi connectivity index (χ3v) is 7.81. The molecule has 1 aliphatic carbocycles. The zero-order valence-corrected chi connectivity index (χ0v) is 17.8. The van der Waals surface area contributed by atoms with Gasteiger partial charge in [0.2, 0.25) is 5.95 Å². The van der Waals surface area contributed by atoms with Gasteiger partial charge in [-0.25, -0.2) is 4.98 Å². The van der Waals surface area contributed by atoms with Crippen LogP contribution in [0.4, 0.5) is 11.8 Å². The van der Waals surface area contributed by atoms with Gasteiger partial charge in [0.15, 0.2) is 0 Å². The van der Waals surface area contributed by atoms with E-state index in [1.54, 1.807) is 0 Å². The topological polar surface area (TPSA) is 108 Å². The smallest absolute Gasteiger partial charge is 0.228 e. The monoisotopic (exact) mass is 425 g/mol. The lowest BCUT2D eigenvalue weighted by Gasteiger charge is -2.32. The number of aryl methyl sites for hydroxylation is 1. The molecule has 1 fully saturated rings. The van der Waals surface area contributed by atoms with Gasteiger partial charge in [0.05, 0.1) is 16.2 Å². The standard InChI is InChI=1S/C22H27N5O2S/c1-15-6-7-18-17(12-15)20(24-14-22(23)8-9-22)26-21(25-18)27-10-11-30(28,29)19-5-3-2-4-16(19)13-27/h2-7,12,28-29H,8-11,13-14,23H2,1H3,(H,24,25,26). The summed E-state index contributed by atoms with van der Waals surface area (Å²) in [6.07, 6.45) is 2.05. The van der Waals surface area contributed by atoms with Crippen LogP contribution in [0.15, 0.2) is 47.4 Å². The summed E-state index contributed by atoms with van der Waals surface area (Å²) in [5.41, 5.74) is 9.05. The van der Waals surface area contributed by atoms with E-state index in [4.69, 9.17) is 15.7 Å². The summed E-state index contributed by atoms with van der Waals surface area (Å²) in [7, 11) is -2.83. The molecule has 0 unspecified atom stereocenters. The Kier molecular flexibility index (Phi) is 4.62. The maximum absolute atomic E-state index is 10.7. The lowest BCUT2D eigenvalue weighted by Crippen LogP contribution is -2.32. The quantitative estimate of drug-likeness (QED) is 0.501. The van der Waals surface area contributed by atoms with E-state index in [1.165, 1.54) is 0 Å². The zero-order valence-electron chi connectivity index (χ0n) is 17.0. The molecular formula is C22H27N5O2S. The first-order chi connectivity index (χ1) is 14.3. The summed E-state index contributed by atoms with van der Waals surface area (Å²) >= 11 is 0. The van der Waals surface area contributed by atoms with Crippen molar-refractivity contribution in [3.63, 3.8) is 0 Å². The molecule has 1 saturated carbocycles. The first kappa shape index (κ1) is 19.6. The Morgan fingerprint density at radius 3 is 2.77 bits per heavy atom. The number of benzene rings is 2. The van der Waals surface area contributed by atoms with Crippen LogP contribution in [0.1, 0.15) is 24.0 Å². The van der Waals surface area contributed by atoms with Gasteiger partial charge in [0, 0.05) is 30.6 Å². The number of anilines is 2. The molecule has 0 saturated heterocycles. The van der Waals surface area contributed by atoms with E-state index >= 15 is 0 Å². The molecule has 0 bridgehead atoms. The van der Waals surface area contributed by atoms with Crippen molar-refractivity contribution in [1.82, 2.24) is 9.97 Å². The number of aromatic nitrogens is 2. The van der Waals surface area contributed by atoms with E-state index in [2.05, 4.69) is 18.3 Å². The summed E-state index contributed by atoms with van der Waals surface area (Å²) in [5, 5.41) is 4.43. The summed E-state index contributed by atoms with van der Waals surface area (Å²) in [6, 6.07) is 13.7. The molecule has 8 heteroatoms. The lowest BCUT2D eigenvalue weighted by molar-refractivity contribution is 0.488. The average Bonchev–Trinajstić information content (AvgIpc) is 3.48. The van der Waals surface area contributed by atoms with Crippen LogP contribution in [-0.4, -0.2) is 43.5 Å². The molecule has 2 heterocycles. The number of nitrogens with two attached hydrogens (primary N) is 1. The first-order valence-corrected chi connectivity index (χ1v) is 11.9. The van der Waals surface area contributed by atoms with Gasteiger partial charge < -0.3 is 16.0 Å². The van der Waals surface area contributed by atoms with Gasteiger partial charge in [0.1, 0.15) is 5.82 Å². The van der Waals surface area contributed by atoms with Crippen LogP contribution < -0.4 is 16.0 Å². The van der Waals surface area contributed by atoms with Gasteiger partial charge in [-0.2, -0.15) is 15.6 Å². The van der Waals surface area contributed by atoms with Crippen LogP contribution in [0.5, 0.6) is 0 Å². The maximum Gasteiger partial charge on any atom is 0.228 e. The Morgan fingerprint density at radius 1 is 1.17 bits per heavy atom. The second-order valence-electron chi connectivity index (χ2n) is 8.51. The van der Waals surface area contributed by atoms with E-state index in [0.29, 0.717) is 30.5 Å². The van der Waals surface area contributed by atoms with E-state index < -0.39 is 10.6 Å². The molecule has 0 radical (unpaired) electrons. The minimum Gasteiger partial charge on any atom is -0.368 e. The van der Waals surface area contributed by atoms with Gasteiger partial charge in [0.25, 0.3) is 0 Å². The normalized spacial score (nSPS) is 20.3. The Hall–Kier alpha value is -2.39. The Bertz CT molecular complexity index is 1120. The average molecular weight is 426 g/mol. The molecular weight excluding hydrogens is 398 g/mol. The van der Waals surface area contributed by atoms with Crippen molar-refractivity contribution in [1.29, 1.82) is 0 Å². The number of nitrogens with one attached hydrogen (secondary N) is 1. The molecule has 3 aromatic rings. The van der Waals surface area contributed by atoms with Crippen LogP contribution >= 0.6 is 10.6 Å². The summed E-state index contributed by atoms with van der Waals surface area (Å²) in [4.78, 5) is 12.3. The summed E-state index contributed by atoms with van der Waals surface area (Å²) in [5.74, 6) is 1.62. The number of rotatable bonds is 4. The Morgan fingerprint density at radius 2 is 1.97 bits per heavy atom. The molecule has 30 heavy (non-hydrogen) atoms. The Balaban J connectivity index is 1.54. The fourth-order valence-corrected chi connectivity index (χ4v) is 5.40. The fraction of sp³-hybridized carbons (Fsp3) is 0.364. The zero-order chi connectivity index (χ0) is 20.9. The molecule has 2 aliphatic rings. The SMILES string of the molecule is Cc1ccc2nc(N3CCS(O)(O)c4ccccc4C3)nc(NCC3(N)CC3)c2c1. The van der Waals surface area contributed by atoms with Crippen LogP contribution in [-0.2, 0) is 6.54 Å². The lowest BCUT2D eigenvalue weighted by atomic mass is 10.1. The van der Waals surface area contributed by atoms with Crippen LogP contribution in [0, 0.1) is 6.92 Å². The molecule has 1 aromatic heterocycles. The highest BCUT2D eigenvalue weighted by Crippen LogP contribution is 2.51. The van der Waals surface area contributed by atoms with Crippen molar-refractivity contribution < 1.29 is 9.11 Å². The van der Waals surface area contributed by atoms with Crippen LogP contribution in [0.2, 0.25) is 0 Å². The number of hydrogen-bond acceptors (Lipinski definition) is 7. The minimum absolute atomic E-state index is 0.139. The van der Waals surface area contributed by atoms with E-state index in [9.17, 15) is 9.11 Å². The van der Waals surface area contributed by atoms with E-state index in [0.717, 1.165) is 40.7 Å². The maximum atomic E-state index is 10.7. The number of hydrogen-bond donors (Lipinski definition) is 4. The van der Waals surface area contributed by atoms with Crippen molar-refractivity contribution >= 4 is 33.3 Å². The Labute approximate surface area is 177 Å². The van der Waals surface area contributed by atoms with Crippen LogP contribution in [0.25, 0.3) is 10.9 Å². The van der Waals surface area contributed by atoms with Crippen molar-refractivity contribution in [2.75, 3.05) is 29.1 Å². The minimum atomic E-state index is -2.83. The largest absolute Gasteiger partial charge is 0.368 e. The van der Waals surface area contributed by atoms with Crippen molar-refractivity contribution in [2.45, 2.75) is 36.7 Å². The van der Waals surface area contributed by atoms with Gasteiger partial charge in [-0.3, -0.25) is 9.11 Å². The van der Waals surface area contributed by atoms with Gasteiger partial charge in [-0.1, -0.05) is 29.8 Å². The molecule has 0 spiro atoms. The van der Waals surface area contributed by atoms with Gasteiger partial charge in [-0.15, -0.1) is 0 Å². The second-order valence-corrected chi connectivity index (χ2v) is 10.7. The highest BCUT2D eigenvalue weighted by Gasteiger charge is 2.38. The number of nitrogens with zero attached hydrogens (tertiary/aromatic N) is 3.